The number of rotatable bonds is 2. The minimum atomic E-state index is 0.867. The summed E-state index contributed by atoms with van der Waals surface area (Å²) in [6, 6.07) is 10.8. The smallest absolute Gasteiger partial charge is 0.0239 e. The zero-order chi connectivity index (χ0) is 11.1. The monoisotopic (exact) mass is 215 g/mol. The maximum atomic E-state index is 2.75. The van der Waals surface area contributed by atoms with Gasteiger partial charge < -0.3 is 0 Å². The molecule has 0 aromatic heterocycles. The molecule has 1 nitrogen and oxygen atoms in total. The maximum absolute atomic E-state index is 2.75. The summed E-state index contributed by atoms with van der Waals surface area (Å²) in [7, 11) is 0. The van der Waals surface area contributed by atoms with Gasteiger partial charge in [0.2, 0.25) is 0 Å². The van der Waals surface area contributed by atoms with Gasteiger partial charge in [0, 0.05) is 18.6 Å². The predicted molar refractivity (Wildman–Crippen MR) is 67.3 cm³/mol. The van der Waals surface area contributed by atoms with Crippen LogP contribution in [0, 0.1) is 12.8 Å². The van der Waals surface area contributed by atoms with Crippen LogP contribution in [0.3, 0.4) is 0 Å². The van der Waals surface area contributed by atoms with Gasteiger partial charge in [0.1, 0.15) is 0 Å². The summed E-state index contributed by atoms with van der Waals surface area (Å²) in [5, 5.41) is 0. The van der Waals surface area contributed by atoms with Crippen molar-refractivity contribution in [1.29, 1.82) is 0 Å². The maximum Gasteiger partial charge on any atom is 0.0239 e. The van der Waals surface area contributed by atoms with Gasteiger partial charge in [-0.3, -0.25) is 4.90 Å². The largest absolute Gasteiger partial charge is 0.293 e. The Labute approximate surface area is 98.5 Å². The number of aryl methyl sites for hydroxylation is 1. The van der Waals surface area contributed by atoms with Gasteiger partial charge in [0.25, 0.3) is 0 Å². The van der Waals surface area contributed by atoms with Crippen molar-refractivity contribution in [2.45, 2.75) is 51.7 Å². The number of fused-ring (bicyclic) bond motifs is 2. The van der Waals surface area contributed by atoms with E-state index in [1.165, 1.54) is 36.9 Å². The predicted octanol–water partition coefficient (Wildman–Crippen LogP) is 3.37. The normalized spacial score (nSPS) is 33.5. The van der Waals surface area contributed by atoms with E-state index in [0.29, 0.717) is 0 Å². The lowest BCUT2D eigenvalue weighted by molar-refractivity contribution is 0.231. The van der Waals surface area contributed by atoms with Gasteiger partial charge in [-0.2, -0.15) is 0 Å². The van der Waals surface area contributed by atoms with E-state index in [9.17, 15) is 0 Å². The van der Waals surface area contributed by atoms with Gasteiger partial charge in [-0.05, 0) is 37.7 Å². The Bertz CT molecular complexity index is 368. The summed E-state index contributed by atoms with van der Waals surface area (Å²) in [4.78, 5) is 2.75. The molecule has 1 aromatic carbocycles. The second kappa shape index (κ2) is 3.89. The number of nitrogens with zero attached hydrogens (tertiary/aromatic N) is 1. The van der Waals surface area contributed by atoms with Crippen LogP contribution in [0.5, 0.6) is 0 Å². The Kier molecular flexibility index (Phi) is 2.51. The molecule has 0 spiro atoms. The summed E-state index contributed by atoms with van der Waals surface area (Å²) < 4.78 is 0. The molecule has 2 aliphatic rings. The molecule has 16 heavy (non-hydrogen) atoms. The highest BCUT2D eigenvalue weighted by molar-refractivity contribution is 5.22. The molecule has 2 aliphatic heterocycles. The van der Waals surface area contributed by atoms with Crippen LogP contribution >= 0.6 is 0 Å². The highest BCUT2D eigenvalue weighted by Crippen LogP contribution is 2.42. The summed E-state index contributed by atoms with van der Waals surface area (Å²) in [6.45, 7) is 5.75. The molecule has 1 aromatic rings. The fourth-order valence-corrected chi connectivity index (χ4v) is 3.57. The quantitative estimate of drug-likeness (QED) is 0.731. The molecule has 0 amide bonds. The fourth-order valence-electron chi connectivity index (χ4n) is 3.57. The fraction of sp³-hybridized carbons (Fsp3) is 0.600. The Morgan fingerprint density at radius 2 is 1.94 bits per heavy atom. The van der Waals surface area contributed by atoms with E-state index in [-0.39, 0.29) is 0 Å². The number of benzene rings is 1. The third-order valence-corrected chi connectivity index (χ3v) is 4.48. The van der Waals surface area contributed by atoms with Crippen LogP contribution < -0.4 is 0 Å². The number of hydrogen-bond donors (Lipinski definition) is 0. The first-order chi connectivity index (χ1) is 7.74. The first-order valence-electron chi connectivity index (χ1n) is 6.55. The van der Waals surface area contributed by atoms with E-state index in [1.807, 2.05) is 0 Å². The van der Waals surface area contributed by atoms with Crippen LogP contribution in [-0.2, 0) is 6.54 Å². The Balaban J connectivity index is 1.74. The summed E-state index contributed by atoms with van der Waals surface area (Å²) in [6.07, 6.45) is 4.29. The minimum Gasteiger partial charge on any atom is -0.293 e. The summed E-state index contributed by atoms with van der Waals surface area (Å²) in [5.41, 5.74) is 2.85. The van der Waals surface area contributed by atoms with Gasteiger partial charge >= 0.3 is 0 Å². The molecule has 0 N–H and O–H groups in total. The second-order valence-corrected chi connectivity index (χ2v) is 5.67. The van der Waals surface area contributed by atoms with Crippen LogP contribution in [-0.4, -0.2) is 17.0 Å². The van der Waals surface area contributed by atoms with E-state index in [0.717, 1.165) is 18.0 Å². The molecule has 3 unspecified atom stereocenters. The number of hydrogen-bond acceptors (Lipinski definition) is 1. The van der Waals surface area contributed by atoms with Crippen molar-refractivity contribution < 1.29 is 0 Å². The van der Waals surface area contributed by atoms with Crippen molar-refractivity contribution in [2.24, 2.45) is 5.92 Å². The highest BCUT2D eigenvalue weighted by atomic mass is 15.2. The van der Waals surface area contributed by atoms with Gasteiger partial charge in [0.05, 0.1) is 0 Å². The molecule has 0 saturated carbocycles. The first-order valence-corrected chi connectivity index (χ1v) is 6.55. The molecular formula is C15H21N. The van der Waals surface area contributed by atoms with Crippen molar-refractivity contribution >= 4 is 0 Å². The summed E-state index contributed by atoms with van der Waals surface area (Å²) in [5.74, 6) is 0.921. The van der Waals surface area contributed by atoms with Gasteiger partial charge in [-0.25, -0.2) is 0 Å². The van der Waals surface area contributed by atoms with E-state index < -0.39 is 0 Å². The Morgan fingerprint density at radius 1 is 1.19 bits per heavy atom. The lowest BCUT2D eigenvalue weighted by Gasteiger charge is -2.22. The van der Waals surface area contributed by atoms with Crippen LogP contribution in [0.4, 0.5) is 0 Å². The average Bonchev–Trinajstić information content (AvgIpc) is 2.78. The molecule has 2 heterocycles. The van der Waals surface area contributed by atoms with E-state index >= 15 is 0 Å². The Hall–Kier alpha value is -0.820. The molecule has 2 fully saturated rings. The lowest BCUT2D eigenvalue weighted by Crippen LogP contribution is -2.29. The van der Waals surface area contributed by atoms with Gasteiger partial charge in [-0.15, -0.1) is 0 Å². The zero-order valence-corrected chi connectivity index (χ0v) is 10.3. The van der Waals surface area contributed by atoms with Crippen LogP contribution in [0.15, 0.2) is 24.3 Å². The first kappa shape index (κ1) is 10.3. The molecule has 1 heteroatoms. The lowest BCUT2D eigenvalue weighted by atomic mass is 9.91. The van der Waals surface area contributed by atoms with Crippen LogP contribution in [0.2, 0.25) is 0 Å². The molecule has 3 rings (SSSR count). The van der Waals surface area contributed by atoms with Gasteiger partial charge in [-0.1, -0.05) is 36.8 Å². The second-order valence-electron chi connectivity index (χ2n) is 5.67. The zero-order valence-electron chi connectivity index (χ0n) is 10.3. The van der Waals surface area contributed by atoms with Crippen molar-refractivity contribution in [1.82, 2.24) is 4.90 Å². The molecular weight excluding hydrogens is 194 g/mol. The molecule has 86 valence electrons. The molecule has 3 atom stereocenters. The average molecular weight is 215 g/mol. The van der Waals surface area contributed by atoms with E-state index in [1.54, 1.807) is 0 Å². The van der Waals surface area contributed by atoms with Gasteiger partial charge in [0.15, 0.2) is 0 Å². The van der Waals surface area contributed by atoms with Crippen LogP contribution in [0.1, 0.15) is 37.3 Å². The van der Waals surface area contributed by atoms with Crippen molar-refractivity contribution in [3.8, 4) is 0 Å². The standard InChI is InChI=1S/C15H21N/c1-11-3-5-13(6-4-11)10-16-14-7-8-15(16)12(2)9-14/h3-6,12,14-15H,7-10H2,1-2H3. The molecule has 0 aliphatic carbocycles. The summed E-state index contributed by atoms with van der Waals surface area (Å²) >= 11 is 0. The molecule has 0 radical (unpaired) electrons. The third kappa shape index (κ3) is 1.67. The SMILES string of the molecule is Cc1ccc(CN2C3CCC2C(C)C3)cc1. The van der Waals surface area contributed by atoms with Crippen molar-refractivity contribution in [2.75, 3.05) is 0 Å². The minimum absolute atomic E-state index is 0.867. The van der Waals surface area contributed by atoms with Crippen molar-refractivity contribution in [3.05, 3.63) is 35.4 Å². The van der Waals surface area contributed by atoms with E-state index in [4.69, 9.17) is 0 Å². The Morgan fingerprint density at radius 3 is 2.50 bits per heavy atom. The topological polar surface area (TPSA) is 3.24 Å². The van der Waals surface area contributed by atoms with Crippen molar-refractivity contribution in [3.63, 3.8) is 0 Å². The molecule has 2 bridgehead atoms. The third-order valence-electron chi connectivity index (χ3n) is 4.48. The van der Waals surface area contributed by atoms with Crippen LogP contribution in [0.25, 0.3) is 0 Å². The highest BCUT2D eigenvalue weighted by Gasteiger charge is 2.43. The molecule has 2 saturated heterocycles. The van der Waals surface area contributed by atoms with E-state index in [2.05, 4.69) is 43.0 Å².